The molecule has 5 heteroatoms. The number of aryl methyl sites for hydroxylation is 1. The second-order valence-electron chi connectivity index (χ2n) is 2.60. The molecule has 0 aliphatic carbocycles. The molecular weight excluding hydrogens is 170 g/mol. The highest BCUT2D eigenvalue weighted by molar-refractivity contribution is 5.71. The van der Waals surface area contributed by atoms with Crippen LogP contribution < -0.4 is 5.48 Å². The van der Waals surface area contributed by atoms with Crippen molar-refractivity contribution in [1.29, 1.82) is 0 Å². The van der Waals surface area contributed by atoms with Crippen molar-refractivity contribution in [2.75, 3.05) is 0 Å². The third-order valence-corrected chi connectivity index (χ3v) is 1.30. The Kier molecular flexibility index (Phi) is 3.33. The Morgan fingerprint density at radius 2 is 2.38 bits per heavy atom. The highest BCUT2D eigenvalue weighted by Gasteiger charge is 1.96. The standard InChI is InChI=1S/C8H11N3O2/c1-6-3-8(10-5-9-6)4-13-11-7(2)12/h3,5H,4H2,1-2H3,(H,11,12). The Morgan fingerprint density at radius 1 is 1.62 bits per heavy atom. The topological polar surface area (TPSA) is 64.1 Å². The second-order valence-corrected chi connectivity index (χ2v) is 2.60. The van der Waals surface area contributed by atoms with Crippen LogP contribution in [-0.4, -0.2) is 15.9 Å². The van der Waals surface area contributed by atoms with E-state index in [0.29, 0.717) is 0 Å². The van der Waals surface area contributed by atoms with Gasteiger partial charge in [0.1, 0.15) is 12.9 Å². The first kappa shape index (κ1) is 9.60. The largest absolute Gasteiger partial charge is 0.273 e. The summed E-state index contributed by atoms with van der Waals surface area (Å²) in [6, 6.07) is 1.79. The summed E-state index contributed by atoms with van der Waals surface area (Å²) in [5.74, 6) is -0.231. The van der Waals surface area contributed by atoms with Gasteiger partial charge in [0.15, 0.2) is 0 Å². The second kappa shape index (κ2) is 4.51. The van der Waals surface area contributed by atoms with Gasteiger partial charge in [0.2, 0.25) is 5.91 Å². The monoisotopic (exact) mass is 181 g/mol. The number of aromatic nitrogens is 2. The molecule has 1 heterocycles. The Morgan fingerprint density at radius 3 is 3.00 bits per heavy atom. The minimum absolute atomic E-state index is 0.231. The van der Waals surface area contributed by atoms with Crippen LogP contribution in [-0.2, 0) is 16.2 Å². The third-order valence-electron chi connectivity index (χ3n) is 1.30. The van der Waals surface area contributed by atoms with Gasteiger partial charge in [-0.15, -0.1) is 0 Å². The van der Waals surface area contributed by atoms with E-state index in [1.165, 1.54) is 13.3 Å². The normalized spacial score (nSPS) is 9.69. The number of hydrogen-bond acceptors (Lipinski definition) is 4. The smallest absolute Gasteiger partial charge is 0.240 e. The lowest BCUT2D eigenvalue weighted by Gasteiger charge is -2.02. The van der Waals surface area contributed by atoms with Gasteiger partial charge in [0, 0.05) is 12.6 Å². The minimum atomic E-state index is -0.231. The third kappa shape index (κ3) is 3.62. The van der Waals surface area contributed by atoms with Crippen molar-refractivity contribution in [3.05, 3.63) is 23.8 Å². The molecule has 0 radical (unpaired) electrons. The van der Waals surface area contributed by atoms with Crippen LogP contribution in [0.3, 0.4) is 0 Å². The summed E-state index contributed by atoms with van der Waals surface area (Å²) < 4.78 is 0. The molecule has 0 saturated heterocycles. The molecule has 5 nitrogen and oxygen atoms in total. The van der Waals surface area contributed by atoms with Crippen LogP contribution in [0.1, 0.15) is 18.3 Å². The molecule has 0 atom stereocenters. The molecule has 1 rings (SSSR count). The number of rotatable bonds is 3. The minimum Gasteiger partial charge on any atom is -0.273 e. The summed E-state index contributed by atoms with van der Waals surface area (Å²) in [6.45, 7) is 3.50. The van der Waals surface area contributed by atoms with E-state index in [4.69, 9.17) is 4.84 Å². The summed E-state index contributed by atoms with van der Waals surface area (Å²) in [4.78, 5) is 23.2. The molecule has 0 aliphatic rings. The van der Waals surface area contributed by atoms with Crippen molar-refractivity contribution in [3.63, 3.8) is 0 Å². The Balaban J connectivity index is 2.41. The molecule has 0 saturated carbocycles. The predicted molar refractivity (Wildman–Crippen MR) is 45.4 cm³/mol. The summed E-state index contributed by atoms with van der Waals surface area (Å²) in [6.07, 6.45) is 1.46. The molecule has 0 bridgehead atoms. The van der Waals surface area contributed by atoms with Crippen molar-refractivity contribution in [2.24, 2.45) is 0 Å². The van der Waals surface area contributed by atoms with Gasteiger partial charge >= 0.3 is 0 Å². The quantitative estimate of drug-likeness (QED) is 0.683. The maximum absolute atomic E-state index is 10.4. The summed E-state index contributed by atoms with van der Waals surface area (Å²) in [7, 11) is 0. The van der Waals surface area contributed by atoms with Gasteiger partial charge < -0.3 is 0 Å². The number of carbonyl (C=O) groups excluding carboxylic acids is 1. The van der Waals surface area contributed by atoms with Crippen molar-refractivity contribution in [1.82, 2.24) is 15.4 Å². The van der Waals surface area contributed by atoms with E-state index in [2.05, 4.69) is 15.4 Å². The maximum atomic E-state index is 10.4. The van der Waals surface area contributed by atoms with Crippen molar-refractivity contribution in [2.45, 2.75) is 20.5 Å². The van der Waals surface area contributed by atoms with Crippen LogP contribution in [0.4, 0.5) is 0 Å². The molecule has 0 spiro atoms. The summed E-state index contributed by atoms with van der Waals surface area (Å²) in [5.41, 5.74) is 3.82. The van der Waals surface area contributed by atoms with Crippen LogP contribution in [0.5, 0.6) is 0 Å². The lowest BCUT2D eigenvalue weighted by atomic mass is 10.3. The maximum Gasteiger partial charge on any atom is 0.240 e. The molecule has 13 heavy (non-hydrogen) atoms. The number of carbonyl (C=O) groups is 1. The van der Waals surface area contributed by atoms with Gasteiger partial charge in [-0.05, 0) is 13.0 Å². The van der Waals surface area contributed by atoms with Crippen LogP contribution >= 0.6 is 0 Å². The zero-order chi connectivity index (χ0) is 9.68. The van der Waals surface area contributed by atoms with Crippen molar-refractivity contribution < 1.29 is 9.63 Å². The van der Waals surface area contributed by atoms with E-state index < -0.39 is 0 Å². The van der Waals surface area contributed by atoms with Crippen molar-refractivity contribution in [3.8, 4) is 0 Å². The molecule has 1 aromatic heterocycles. The first-order valence-corrected chi connectivity index (χ1v) is 3.84. The molecule has 1 amide bonds. The van der Waals surface area contributed by atoms with Gasteiger partial charge in [0.05, 0.1) is 5.69 Å². The van der Waals surface area contributed by atoms with Gasteiger partial charge in [0.25, 0.3) is 0 Å². The van der Waals surface area contributed by atoms with E-state index >= 15 is 0 Å². The lowest BCUT2D eigenvalue weighted by molar-refractivity contribution is -0.132. The molecule has 0 unspecified atom stereocenters. The van der Waals surface area contributed by atoms with Crippen LogP contribution in [0.25, 0.3) is 0 Å². The zero-order valence-electron chi connectivity index (χ0n) is 7.57. The SMILES string of the molecule is CC(=O)NOCc1cc(C)ncn1. The fourth-order valence-electron chi connectivity index (χ4n) is 0.800. The van der Waals surface area contributed by atoms with Crippen LogP contribution in [0, 0.1) is 6.92 Å². The fraction of sp³-hybridized carbons (Fsp3) is 0.375. The van der Waals surface area contributed by atoms with E-state index in [-0.39, 0.29) is 12.5 Å². The average Bonchev–Trinajstić information content (AvgIpc) is 2.03. The van der Waals surface area contributed by atoms with Gasteiger partial charge in [-0.25, -0.2) is 15.4 Å². The number of hydrogen-bond donors (Lipinski definition) is 1. The van der Waals surface area contributed by atoms with Gasteiger partial charge in [-0.1, -0.05) is 0 Å². The van der Waals surface area contributed by atoms with Gasteiger partial charge in [-0.3, -0.25) is 9.63 Å². The molecular formula is C8H11N3O2. The Hall–Kier alpha value is -1.49. The number of hydroxylamine groups is 1. The summed E-state index contributed by atoms with van der Waals surface area (Å²) >= 11 is 0. The average molecular weight is 181 g/mol. The highest BCUT2D eigenvalue weighted by atomic mass is 16.6. The number of amides is 1. The molecule has 0 aliphatic heterocycles. The molecule has 1 N–H and O–H groups in total. The zero-order valence-corrected chi connectivity index (χ0v) is 7.57. The molecule has 1 aromatic rings. The van der Waals surface area contributed by atoms with E-state index in [1.807, 2.05) is 6.92 Å². The van der Waals surface area contributed by atoms with E-state index in [1.54, 1.807) is 6.07 Å². The Labute approximate surface area is 76.1 Å². The first-order valence-electron chi connectivity index (χ1n) is 3.84. The summed E-state index contributed by atoms with van der Waals surface area (Å²) in [5, 5.41) is 0. The lowest BCUT2D eigenvalue weighted by Crippen LogP contribution is -2.20. The van der Waals surface area contributed by atoms with Crippen molar-refractivity contribution >= 4 is 5.91 Å². The Bertz CT molecular complexity index is 301. The van der Waals surface area contributed by atoms with Crippen LogP contribution in [0.2, 0.25) is 0 Å². The molecule has 0 fully saturated rings. The first-order chi connectivity index (χ1) is 6.18. The molecule has 0 aromatic carbocycles. The predicted octanol–water partition coefficient (Wildman–Crippen LogP) is 0.353. The molecule has 70 valence electrons. The van der Waals surface area contributed by atoms with Gasteiger partial charge in [-0.2, -0.15) is 0 Å². The number of nitrogens with zero attached hydrogens (tertiary/aromatic N) is 2. The fourth-order valence-corrected chi connectivity index (χ4v) is 0.800. The van der Waals surface area contributed by atoms with Crippen LogP contribution in [0.15, 0.2) is 12.4 Å². The number of nitrogens with one attached hydrogen (secondary N) is 1. The highest BCUT2D eigenvalue weighted by Crippen LogP contribution is 1.96. The van der Waals surface area contributed by atoms with E-state index in [0.717, 1.165) is 11.4 Å². The van der Waals surface area contributed by atoms with E-state index in [9.17, 15) is 4.79 Å².